The van der Waals surface area contributed by atoms with Gasteiger partial charge in [0.1, 0.15) is 5.82 Å². The highest BCUT2D eigenvalue weighted by molar-refractivity contribution is 6.12. The maximum atomic E-state index is 13.4. The number of halogens is 1. The summed E-state index contributed by atoms with van der Waals surface area (Å²) in [6.07, 6.45) is 2.04. The Morgan fingerprint density at radius 2 is 2.00 bits per heavy atom. The molecule has 0 aliphatic rings. The van der Waals surface area contributed by atoms with Crippen molar-refractivity contribution in [3.05, 3.63) is 60.0 Å². The van der Waals surface area contributed by atoms with E-state index in [-0.39, 0.29) is 17.6 Å². The monoisotopic (exact) mass is 354 g/mol. The fraction of sp³-hybridized carbons (Fsp3) is 0.211. The number of anilines is 1. The second kappa shape index (κ2) is 7.35. The van der Waals surface area contributed by atoms with E-state index >= 15 is 0 Å². The molecule has 26 heavy (non-hydrogen) atoms. The topological polar surface area (TPSA) is 67.2 Å². The molecular formula is C19H19FN4O2. The summed E-state index contributed by atoms with van der Waals surface area (Å²) in [7, 11) is 3.40. The van der Waals surface area contributed by atoms with Crippen molar-refractivity contribution < 1.29 is 14.0 Å². The van der Waals surface area contributed by atoms with Gasteiger partial charge in [0.15, 0.2) is 5.82 Å². The lowest BCUT2D eigenvalue weighted by Gasteiger charge is -2.09. The van der Waals surface area contributed by atoms with Crippen LogP contribution < -0.4 is 5.32 Å². The van der Waals surface area contributed by atoms with Gasteiger partial charge < -0.3 is 10.2 Å². The molecule has 3 rings (SSSR count). The molecule has 0 aliphatic heterocycles. The maximum absolute atomic E-state index is 13.4. The van der Waals surface area contributed by atoms with Crippen LogP contribution in [-0.4, -0.2) is 40.6 Å². The van der Waals surface area contributed by atoms with Crippen molar-refractivity contribution in [2.24, 2.45) is 0 Å². The number of carbonyl (C=O) groups excluding carboxylic acids is 2. The van der Waals surface area contributed by atoms with Gasteiger partial charge in [-0.3, -0.25) is 14.3 Å². The Balaban J connectivity index is 1.72. The van der Waals surface area contributed by atoms with Crippen LogP contribution in [0.25, 0.3) is 10.8 Å². The van der Waals surface area contributed by atoms with Crippen molar-refractivity contribution in [1.82, 2.24) is 14.7 Å². The molecule has 2 amide bonds. The Morgan fingerprint density at radius 1 is 1.19 bits per heavy atom. The highest BCUT2D eigenvalue weighted by atomic mass is 19.1. The number of hydrogen-bond acceptors (Lipinski definition) is 3. The predicted molar refractivity (Wildman–Crippen MR) is 97.4 cm³/mol. The van der Waals surface area contributed by atoms with Crippen LogP contribution in [0, 0.1) is 5.82 Å². The normalized spacial score (nSPS) is 10.7. The Labute approximate surface area is 150 Å². The highest BCUT2D eigenvalue weighted by Crippen LogP contribution is 2.21. The number of benzene rings is 2. The second-order valence-electron chi connectivity index (χ2n) is 6.13. The van der Waals surface area contributed by atoms with E-state index in [4.69, 9.17) is 0 Å². The Bertz CT molecular complexity index is 965. The summed E-state index contributed by atoms with van der Waals surface area (Å²) in [4.78, 5) is 25.7. The first kappa shape index (κ1) is 17.6. The Morgan fingerprint density at radius 3 is 2.77 bits per heavy atom. The van der Waals surface area contributed by atoms with Gasteiger partial charge in [0.2, 0.25) is 5.91 Å². The number of nitrogens with zero attached hydrogens (tertiary/aromatic N) is 3. The van der Waals surface area contributed by atoms with E-state index in [1.807, 2.05) is 0 Å². The van der Waals surface area contributed by atoms with Crippen LogP contribution >= 0.6 is 0 Å². The van der Waals surface area contributed by atoms with Crippen molar-refractivity contribution in [1.29, 1.82) is 0 Å². The molecule has 6 nitrogen and oxygen atoms in total. The number of fused-ring (bicyclic) bond motifs is 1. The van der Waals surface area contributed by atoms with E-state index in [9.17, 15) is 14.0 Å². The van der Waals surface area contributed by atoms with Crippen LogP contribution in [0.15, 0.2) is 48.7 Å². The summed E-state index contributed by atoms with van der Waals surface area (Å²) in [5.41, 5.74) is 0.444. The molecule has 7 heteroatoms. The number of amides is 2. The molecule has 0 fully saturated rings. The largest absolute Gasteiger partial charge is 0.349 e. The van der Waals surface area contributed by atoms with E-state index in [0.717, 1.165) is 0 Å². The van der Waals surface area contributed by atoms with E-state index in [0.29, 0.717) is 35.1 Å². The van der Waals surface area contributed by atoms with Crippen LogP contribution in [0.1, 0.15) is 16.8 Å². The molecule has 0 bridgehead atoms. The van der Waals surface area contributed by atoms with Gasteiger partial charge in [-0.05, 0) is 29.0 Å². The second-order valence-corrected chi connectivity index (χ2v) is 6.13. The highest BCUT2D eigenvalue weighted by Gasteiger charge is 2.12. The quantitative estimate of drug-likeness (QED) is 0.766. The van der Waals surface area contributed by atoms with Gasteiger partial charge in [-0.1, -0.05) is 18.2 Å². The first-order valence-electron chi connectivity index (χ1n) is 8.17. The number of aryl methyl sites for hydroxylation is 1. The van der Waals surface area contributed by atoms with Crippen LogP contribution in [0.5, 0.6) is 0 Å². The molecule has 0 unspecified atom stereocenters. The number of nitrogens with one attached hydrogen (secondary N) is 1. The molecule has 0 saturated carbocycles. The van der Waals surface area contributed by atoms with Gasteiger partial charge in [0.05, 0.1) is 0 Å². The molecule has 2 aromatic carbocycles. The van der Waals surface area contributed by atoms with Crippen molar-refractivity contribution in [3.63, 3.8) is 0 Å². The third kappa shape index (κ3) is 3.88. The molecule has 0 spiro atoms. The van der Waals surface area contributed by atoms with Gasteiger partial charge in [0.25, 0.3) is 5.91 Å². The minimum atomic E-state index is -0.346. The molecule has 134 valence electrons. The molecule has 3 aromatic rings. The zero-order valence-corrected chi connectivity index (χ0v) is 14.6. The smallest absolute Gasteiger partial charge is 0.257 e. The lowest BCUT2D eigenvalue weighted by Crippen LogP contribution is -2.23. The van der Waals surface area contributed by atoms with E-state index in [2.05, 4.69) is 10.4 Å². The van der Waals surface area contributed by atoms with Crippen LogP contribution in [0.3, 0.4) is 0 Å². The van der Waals surface area contributed by atoms with Crippen molar-refractivity contribution in [2.75, 3.05) is 19.4 Å². The van der Waals surface area contributed by atoms with Gasteiger partial charge in [-0.25, -0.2) is 4.39 Å². The van der Waals surface area contributed by atoms with Gasteiger partial charge in [-0.15, -0.1) is 0 Å². The number of hydrogen-bond donors (Lipinski definition) is 1. The van der Waals surface area contributed by atoms with Crippen LogP contribution in [-0.2, 0) is 11.3 Å². The third-order valence-electron chi connectivity index (χ3n) is 4.02. The average molecular weight is 354 g/mol. The minimum Gasteiger partial charge on any atom is -0.349 e. The third-order valence-corrected chi connectivity index (χ3v) is 4.02. The van der Waals surface area contributed by atoms with Crippen molar-refractivity contribution in [2.45, 2.75) is 13.0 Å². The molecule has 1 aromatic heterocycles. The summed E-state index contributed by atoms with van der Waals surface area (Å²) < 4.78 is 15.0. The SMILES string of the molecule is CN(C)C(=O)CCn1ccc(NC(=O)c2cccc3cc(F)ccc23)n1. The van der Waals surface area contributed by atoms with E-state index in [1.165, 1.54) is 17.0 Å². The summed E-state index contributed by atoms with van der Waals surface area (Å²) in [6, 6.07) is 11.1. The van der Waals surface area contributed by atoms with E-state index in [1.54, 1.807) is 55.3 Å². The molecular weight excluding hydrogens is 335 g/mol. The Kier molecular flexibility index (Phi) is 4.97. The summed E-state index contributed by atoms with van der Waals surface area (Å²) in [5.74, 6) is -0.265. The lowest BCUT2D eigenvalue weighted by molar-refractivity contribution is -0.128. The van der Waals surface area contributed by atoms with Gasteiger partial charge in [0, 0.05) is 44.9 Å². The number of rotatable bonds is 5. The summed E-state index contributed by atoms with van der Waals surface area (Å²) in [5, 5.41) is 8.32. The first-order valence-corrected chi connectivity index (χ1v) is 8.17. The zero-order chi connectivity index (χ0) is 18.7. The predicted octanol–water partition coefficient (Wildman–Crippen LogP) is 2.91. The molecule has 1 N–H and O–H groups in total. The Hall–Kier alpha value is -3.22. The number of aromatic nitrogens is 2. The van der Waals surface area contributed by atoms with E-state index < -0.39 is 0 Å². The van der Waals surface area contributed by atoms with Crippen molar-refractivity contribution in [3.8, 4) is 0 Å². The lowest BCUT2D eigenvalue weighted by atomic mass is 10.0. The summed E-state index contributed by atoms with van der Waals surface area (Å²) in [6.45, 7) is 0.431. The molecule has 1 heterocycles. The molecule has 0 saturated heterocycles. The molecule has 0 aliphatic carbocycles. The fourth-order valence-electron chi connectivity index (χ4n) is 2.62. The van der Waals surface area contributed by atoms with Crippen molar-refractivity contribution >= 4 is 28.4 Å². The minimum absolute atomic E-state index is 0.00840. The van der Waals surface area contributed by atoms with Crippen LogP contribution in [0.4, 0.5) is 10.2 Å². The fourth-order valence-corrected chi connectivity index (χ4v) is 2.62. The average Bonchev–Trinajstić information content (AvgIpc) is 3.06. The van der Waals surface area contributed by atoms with Crippen LogP contribution in [0.2, 0.25) is 0 Å². The number of carbonyl (C=O) groups is 2. The van der Waals surface area contributed by atoms with Gasteiger partial charge in [-0.2, -0.15) is 5.10 Å². The first-order chi connectivity index (χ1) is 12.4. The van der Waals surface area contributed by atoms with Gasteiger partial charge >= 0.3 is 0 Å². The standard InChI is InChI=1S/C19H19FN4O2/c1-23(2)18(25)9-11-24-10-8-17(22-24)21-19(26)16-5-3-4-13-12-14(20)6-7-15(13)16/h3-8,10,12H,9,11H2,1-2H3,(H,21,22,26). The molecule has 0 atom stereocenters. The summed E-state index contributed by atoms with van der Waals surface area (Å²) >= 11 is 0. The zero-order valence-electron chi connectivity index (χ0n) is 14.6. The molecule has 0 radical (unpaired) electrons. The maximum Gasteiger partial charge on any atom is 0.257 e.